The van der Waals surface area contributed by atoms with Crippen LogP contribution in [-0.2, 0) is 19.5 Å². The van der Waals surface area contributed by atoms with E-state index >= 15 is 0 Å². The van der Waals surface area contributed by atoms with E-state index in [4.69, 9.17) is 9.73 Å². The lowest BCUT2D eigenvalue weighted by atomic mass is 9.98. The van der Waals surface area contributed by atoms with Gasteiger partial charge in [0.05, 0.1) is 12.6 Å². The fourth-order valence-corrected chi connectivity index (χ4v) is 3.60. The van der Waals surface area contributed by atoms with Crippen LogP contribution in [0, 0.1) is 0 Å². The van der Waals surface area contributed by atoms with Crippen molar-refractivity contribution in [1.82, 2.24) is 25.4 Å². The highest BCUT2D eigenvalue weighted by molar-refractivity contribution is 5.79. The molecule has 1 saturated carbocycles. The number of hydrogen-bond acceptors (Lipinski definition) is 4. The van der Waals surface area contributed by atoms with Crippen LogP contribution in [0.5, 0.6) is 5.75 Å². The van der Waals surface area contributed by atoms with Crippen molar-refractivity contribution >= 4 is 5.96 Å². The Morgan fingerprint density at radius 2 is 1.93 bits per heavy atom. The Labute approximate surface area is 174 Å². The maximum atomic E-state index is 6.11. The van der Waals surface area contributed by atoms with E-state index in [1.165, 1.54) is 37.7 Å². The molecule has 0 aliphatic heterocycles. The number of benzene rings is 1. The molecule has 1 aromatic carbocycles. The summed E-state index contributed by atoms with van der Waals surface area (Å²) in [7, 11) is 0. The quantitative estimate of drug-likeness (QED) is 0.501. The van der Waals surface area contributed by atoms with Gasteiger partial charge in [0.2, 0.25) is 0 Å². The number of hydrogen-bond donors (Lipinski definition) is 2. The van der Waals surface area contributed by atoms with Crippen LogP contribution in [0.1, 0.15) is 57.3 Å². The summed E-state index contributed by atoms with van der Waals surface area (Å²) in [5.74, 6) is 2.79. The summed E-state index contributed by atoms with van der Waals surface area (Å²) >= 11 is 0. The van der Waals surface area contributed by atoms with E-state index in [1.54, 1.807) is 6.33 Å². The fraction of sp³-hybridized carbons (Fsp3) is 0.591. The lowest BCUT2D eigenvalue weighted by Crippen LogP contribution is -2.38. The van der Waals surface area contributed by atoms with Crippen molar-refractivity contribution in [2.24, 2.45) is 4.99 Å². The molecule has 0 amide bonds. The third-order valence-electron chi connectivity index (χ3n) is 5.20. The first kappa shape index (κ1) is 21.1. The maximum absolute atomic E-state index is 6.11. The second kappa shape index (κ2) is 11.4. The number of aromatic nitrogens is 3. The Morgan fingerprint density at radius 1 is 1.14 bits per heavy atom. The number of rotatable bonds is 9. The molecule has 2 N–H and O–H groups in total. The van der Waals surface area contributed by atoms with Crippen LogP contribution in [-0.4, -0.2) is 39.9 Å². The summed E-state index contributed by atoms with van der Waals surface area (Å²) in [4.78, 5) is 4.70. The largest absolute Gasteiger partial charge is 0.490 e. The van der Waals surface area contributed by atoms with Gasteiger partial charge in [-0.1, -0.05) is 25.5 Å². The van der Waals surface area contributed by atoms with Crippen molar-refractivity contribution in [1.29, 1.82) is 0 Å². The van der Waals surface area contributed by atoms with Crippen molar-refractivity contribution in [3.63, 3.8) is 0 Å². The van der Waals surface area contributed by atoms with Gasteiger partial charge in [0.1, 0.15) is 17.9 Å². The molecule has 0 saturated heterocycles. The third kappa shape index (κ3) is 6.76. The molecule has 3 rings (SSSR count). The summed E-state index contributed by atoms with van der Waals surface area (Å²) in [6.45, 7) is 7.20. The average Bonchev–Trinajstić information content (AvgIpc) is 3.21. The van der Waals surface area contributed by atoms with Gasteiger partial charge in [0, 0.05) is 26.1 Å². The van der Waals surface area contributed by atoms with Gasteiger partial charge < -0.3 is 19.9 Å². The van der Waals surface area contributed by atoms with E-state index in [0.717, 1.165) is 43.6 Å². The minimum atomic E-state index is 0.385. The summed E-state index contributed by atoms with van der Waals surface area (Å²) in [6, 6.07) is 8.35. The van der Waals surface area contributed by atoms with Crippen LogP contribution in [0.15, 0.2) is 35.6 Å². The van der Waals surface area contributed by atoms with E-state index in [2.05, 4.69) is 63.5 Å². The smallest absolute Gasteiger partial charge is 0.191 e. The molecule has 1 aliphatic rings. The Morgan fingerprint density at radius 3 is 2.66 bits per heavy atom. The van der Waals surface area contributed by atoms with Gasteiger partial charge in [-0.3, -0.25) is 0 Å². The van der Waals surface area contributed by atoms with Crippen LogP contribution in [0.3, 0.4) is 0 Å². The van der Waals surface area contributed by atoms with Crippen LogP contribution in [0.2, 0.25) is 0 Å². The minimum Gasteiger partial charge on any atom is -0.490 e. The molecule has 158 valence electrons. The Bertz CT molecular complexity index is 749. The maximum Gasteiger partial charge on any atom is 0.191 e. The van der Waals surface area contributed by atoms with Crippen molar-refractivity contribution in [3.05, 3.63) is 42.0 Å². The number of aryl methyl sites for hydroxylation is 1. The first-order valence-corrected chi connectivity index (χ1v) is 10.9. The van der Waals surface area contributed by atoms with E-state index in [0.29, 0.717) is 12.6 Å². The molecule has 7 nitrogen and oxygen atoms in total. The highest BCUT2D eigenvalue weighted by Gasteiger charge is 2.14. The van der Waals surface area contributed by atoms with Crippen LogP contribution >= 0.6 is 0 Å². The van der Waals surface area contributed by atoms with Gasteiger partial charge in [-0.05, 0) is 50.3 Å². The van der Waals surface area contributed by atoms with Crippen molar-refractivity contribution in [3.8, 4) is 5.75 Å². The number of guanidine groups is 1. The summed E-state index contributed by atoms with van der Waals surface area (Å²) in [5, 5.41) is 14.8. The highest BCUT2D eigenvalue weighted by Crippen LogP contribution is 2.23. The average molecular weight is 399 g/mol. The Kier molecular flexibility index (Phi) is 8.34. The van der Waals surface area contributed by atoms with Crippen molar-refractivity contribution in [2.45, 2.75) is 71.6 Å². The summed E-state index contributed by atoms with van der Waals surface area (Å²) in [6.07, 6.45) is 9.32. The molecule has 1 heterocycles. The summed E-state index contributed by atoms with van der Waals surface area (Å²) in [5.41, 5.74) is 1.17. The normalized spacial score (nSPS) is 15.3. The van der Waals surface area contributed by atoms with Gasteiger partial charge in [-0.2, -0.15) is 0 Å². The highest BCUT2D eigenvalue weighted by atomic mass is 16.5. The number of aliphatic imine (C=N–C) groups is 1. The minimum absolute atomic E-state index is 0.385. The van der Waals surface area contributed by atoms with Gasteiger partial charge in [-0.15, -0.1) is 10.2 Å². The fourth-order valence-electron chi connectivity index (χ4n) is 3.60. The predicted molar refractivity (Wildman–Crippen MR) is 116 cm³/mol. The van der Waals surface area contributed by atoms with E-state index < -0.39 is 0 Å². The summed E-state index contributed by atoms with van der Waals surface area (Å²) < 4.78 is 8.18. The lowest BCUT2D eigenvalue weighted by Gasteiger charge is -2.23. The Balaban J connectivity index is 1.48. The zero-order valence-electron chi connectivity index (χ0n) is 17.7. The zero-order chi connectivity index (χ0) is 20.3. The SMILES string of the molecule is CCNC(=NCc1ccc(OC2CCCCC2)cc1)NCCn1cnnc1CC. The van der Waals surface area contributed by atoms with Gasteiger partial charge in [-0.25, -0.2) is 4.99 Å². The van der Waals surface area contributed by atoms with E-state index in [-0.39, 0.29) is 0 Å². The first-order chi connectivity index (χ1) is 14.3. The molecule has 0 spiro atoms. The molecule has 1 aliphatic carbocycles. The second-order valence-electron chi connectivity index (χ2n) is 7.44. The first-order valence-electron chi connectivity index (χ1n) is 10.9. The molecule has 1 aromatic heterocycles. The molecular weight excluding hydrogens is 364 g/mol. The van der Waals surface area contributed by atoms with Crippen LogP contribution < -0.4 is 15.4 Å². The van der Waals surface area contributed by atoms with Crippen molar-refractivity contribution < 1.29 is 4.74 Å². The lowest BCUT2D eigenvalue weighted by molar-refractivity contribution is 0.155. The standard InChI is InChI=1S/C22H34N6O/c1-3-21-27-26-17-28(21)15-14-24-22(23-4-2)25-16-18-10-12-20(13-11-18)29-19-8-6-5-7-9-19/h10-13,17,19H,3-9,14-16H2,1-2H3,(H2,23,24,25). The molecule has 29 heavy (non-hydrogen) atoms. The molecule has 7 heteroatoms. The monoisotopic (exact) mass is 398 g/mol. The van der Waals surface area contributed by atoms with Crippen LogP contribution in [0.25, 0.3) is 0 Å². The number of nitrogens with one attached hydrogen (secondary N) is 2. The van der Waals surface area contributed by atoms with Gasteiger partial charge in [0.15, 0.2) is 5.96 Å². The number of nitrogens with zero attached hydrogens (tertiary/aromatic N) is 4. The molecule has 0 atom stereocenters. The zero-order valence-corrected chi connectivity index (χ0v) is 17.7. The second-order valence-corrected chi connectivity index (χ2v) is 7.44. The predicted octanol–water partition coefficient (Wildman–Crippen LogP) is 3.31. The molecular formula is C22H34N6O. The number of ether oxygens (including phenoxy) is 1. The van der Waals surface area contributed by atoms with E-state index in [1.807, 2.05) is 0 Å². The Hall–Kier alpha value is -2.57. The molecule has 2 aromatic rings. The van der Waals surface area contributed by atoms with Gasteiger partial charge in [0.25, 0.3) is 0 Å². The molecule has 0 radical (unpaired) electrons. The molecule has 0 unspecified atom stereocenters. The topological polar surface area (TPSA) is 76.4 Å². The third-order valence-corrected chi connectivity index (χ3v) is 5.20. The molecule has 0 bridgehead atoms. The molecule has 1 fully saturated rings. The van der Waals surface area contributed by atoms with Gasteiger partial charge >= 0.3 is 0 Å². The van der Waals surface area contributed by atoms with Crippen LogP contribution in [0.4, 0.5) is 0 Å². The van der Waals surface area contributed by atoms with Crippen molar-refractivity contribution in [2.75, 3.05) is 13.1 Å². The van der Waals surface area contributed by atoms with E-state index in [9.17, 15) is 0 Å².